The van der Waals surface area contributed by atoms with Crippen LogP contribution < -0.4 is 15.8 Å². The molecule has 1 amide bonds. The van der Waals surface area contributed by atoms with Crippen molar-refractivity contribution >= 4 is 22.6 Å². The average molecular weight is 445 g/mol. The highest BCUT2D eigenvalue weighted by Crippen LogP contribution is 2.39. The Kier molecular flexibility index (Phi) is 4.90. The van der Waals surface area contributed by atoms with Gasteiger partial charge in [0.25, 0.3) is 11.5 Å². The first-order valence-corrected chi connectivity index (χ1v) is 11.8. The Morgan fingerprint density at radius 1 is 1.09 bits per heavy atom. The maximum atomic E-state index is 12.4. The Morgan fingerprint density at radius 2 is 1.94 bits per heavy atom. The fourth-order valence-corrected chi connectivity index (χ4v) is 5.32. The summed E-state index contributed by atoms with van der Waals surface area (Å²) in [6, 6.07) is 8.80. The second-order valence-corrected chi connectivity index (χ2v) is 9.46. The Bertz CT molecular complexity index is 1270. The lowest BCUT2D eigenvalue weighted by atomic mass is 9.81. The fraction of sp³-hybridized carbons (Fsp3) is 0.440. The molecule has 2 saturated carbocycles. The smallest absolute Gasteiger partial charge is 0.269 e. The third-order valence-electron chi connectivity index (χ3n) is 7.42. The highest BCUT2D eigenvalue weighted by atomic mass is 16.1. The van der Waals surface area contributed by atoms with E-state index >= 15 is 0 Å². The molecule has 8 heteroatoms. The Balaban J connectivity index is 1.17. The molecule has 0 aromatic carbocycles. The van der Waals surface area contributed by atoms with E-state index in [-0.39, 0.29) is 11.5 Å². The lowest BCUT2D eigenvalue weighted by Crippen LogP contribution is -2.64. The van der Waals surface area contributed by atoms with E-state index < -0.39 is 0 Å². The first kappa shape index (κ1) is 20.4. The van der Waals surface area contributed by atoms with Crippen molar-refractivity contribution < 1.29 is 4.79 Å². The number of rotatable bonds is 5. The summed E-state index contributed by atoms with van der Waals surface area (Å²) in [5.74, 6) is 0.253. The monoisotopic (exact) mass is 444 g/mol. The average Bonchev–Trinajstić information content (AvgIpc) is 3.64. The number of aromatic amines is 1. The predicted molar refractivity (Wildman–Crippen MR) is 127 cm³/mol. The van der Waals surface area contributed by atoms with Crippen molar-refractivity contribution in [1.29, 1.82) is 0 Å². The van der Waals surface area contributed by atoms with Crippen LogP contribution in [-0.2, 0) is 6.54 Å². The molecule has 0 radical (unpaired) electrons. The maximum absolute atomic E-state index is 12.4. The molecule has 1 saturated heterocycles. The highest BCUT2D eigenvalue weighted by molar-refractivity contribution is 5.92. The Labute approximate surface area is 192 Å². The molecule has 2 aliphatic carbocycles. The number of carbonyl (C=O) groups excluding carboxylic acids is 1. The predicted octanol–water partition coefficient (Wildman–Crippen LogP) is 2.41. The van der Waals surface area contributed by atoms with Gasteiger partial charge in [0.05, 0.1) is 22.9 Å². The third-order valence-corrected chi connectivity index (χ3v) is 7.42. The lowest BCUT2D eigenvalue weighted by Gasteiger charge is -2.54. The molecular formula is C25H28N6O2. The van der Waals surface area contributed by atoms with Gasteiger partial charge < -0.3 is 15.2 Å². The number of carbonyl (C=O) groups is 1. The molecule has 1 aliphatic heterocycles. The van der Waals surface area contributed by atoms with Crippen LogP contribution in [0.4, 0.5) is 5.69 Å². The minimum Gasteiger partial charge on any atom is -0.364 e. The summed E-state index contributed by atoms with van der Waals surface area (Å²) in [5.41, 5.74) is 5.27. The van der Waals surface area contributed by atoms with Crippen LogP contribution in [0.15, 0.2) is 41.5 Å². The molecule has 6 rings (SSSR count). The summed E-state index contributed by atoms with van der Waals surface area (Å²) in [5, 5.41) is 2.61. The molecule has 3 aromatic heterocycles. The van der Waals surface area contributed by atoms with Crippen molar-refractivity contribution in [3.05, 3.63) is 63.8 Å². The topological polar surface area (TPSA) is 94.2 Å². The minimum absolute atomic E-state index is 0.0349. The molecule has 2 atom stereocenters. The number of piperazine rings is 1. The lowest BCUT2D eigenvalue weighted by molar-refractivity contribution is 0.0658. The van der Waals surface area contributed by atoms with Crippen LogP contribution in [0.1, 0.15) is 53.2 Å². The van der Waals surface area contributed by atoms with Gasteiger partial charge in [-0.25, -0.2) is 4.98 Å². The van der Waals surface area contributed by atoms with E-state index in [0.717, 1.165) is 66.7 Å². The third kappa shape index (κ3) is 3.68. The fourth-order valence-electron chi connectivity index (χ4n) is 5.32. The summed E-state index contributed by atoms with van der Waals surface area (Å²) in [7, 11) is 1.62. The van der Waals surface area contributed by atoms with Gasteiger partial charge in [-0.3, -0.25) is 19.5 Å². The van der Waals surface area contributed by atoms with Gasteiger partial charge in [-0.1, -0.05) is 0 Å². The van der Waals surface area contributed by atoms with Gasteiger partial charge in [0.2, 0.25) is 0 Å². The van der Waals surface area contributed by atoms with Gasteiger partial charge >= 0.3 is 0 Å². The number of aromatic nitrogens is 3. The van der Waals surface area contributed by atoms with Crippen LogP contribution in [-0.4, -0.2) is 58.0 Å². The number of amides is 1. The normalized spacial score (nSPS) is 22.6. The van der Waals surface area contributed by atoms with Crippen LogP contribution >= 0.6 is 0 Å². The van der Waals surface area contributed by atoms with Gasteiger partial charge in [0, 0.05) is 50.5 Å². The number of hydrogen-bond donors (Lipinski definition) is 2. The molecule has 0 spiro atoms. The SMILES string of the molecule is CNC(=O)c1ccc(N2CCN(Cc3cnc4cc(C5CC5)c(=O)[nH]c4c3)[C@H]3CC[C@@H]32)cn1. The van der Waals surface area contributed by atoms with Gasteiger partial charge in [0.15, 0.2) is 0 Å². The molecule has 2 N–H and O–H groups in total. The zero-order chi connectivity index (χ0) is 22.5. The van der Waals surface area contributed by atoms with Crippen LogP contribution in [0.25, 0.3) is 11.0 Å². The van der Waals surface area contributed by atoms with E-state index in [4.69, 9.17) is 0 Å². The molecular weight excluding hydrogens is 416 g/mol. The number of fused-ring (bicyclic) bond motifs is 2. The van der Waals surface area contributed by atoms with Crippen LogP contribution in [0.2, 0.25) is 0 Å². The van der Waals surface area contributed by atoms with E-state index in [0.29, 0.717) is 23.7 Å². The molecule has 4 heterocycles. The molecule has 3 fully saturated rings. The highest BCUT2D eigenvalue weighted by Gasteiger charge is 2.43. The van der Waals surface area contributed by atoms with E-state index in [9.17, 15) is 9.59 Å². The Morgan fingerprint density at radius 3 is 2.64 bits per heavy atom. The first-order chi connectivity index (χ1) is 16.1. The molecule has 3 aliphatic rings. The summed E-state index contributed by atoms with van der Waals surface area (Å²) in [6.45, 7) is 2.70. The molecule has 170 valence electrons. The van der Waals surface area contributed by atoms with Crippen molar-refractivity contribution in [3.8, 4) is 0 Å². The zero-order valence-corrected chi connectivity index (χ0v) is 18.8. The van der Waals surface area contributed by atoms with E-state index in [1.807, 2.05) is 24.5 Å². The van der Waals surface area contributed by atoms with Crippen molar-refractivity contribution in [2.45, 2.75) is 50.2 Å². The zero-order valence-electron chi connectivity index (χ0n) is 18.8. The summed E-state index contributed by atoms with van der Waals surface area (Å²) in [4.78, 5) is 41.3. The van der Waals surface area contributed by atoms with Crippen molar-refractivity contribution in [1.82, 2.24) is 25.2 Å². The number of H-pyrrole nitrogens is 1. The number of hydrogen-bond acceptors (Lipinski definition) is 6. The first-order valence-electron chi connectivity index (χ1n) is 11.8. The number of anilines is 1. The summed E-state index contributed by atoms with van der Waals surface area (Å²) < 4.78 is 0. The Hall–Kier alpha value is -3.26. The van der Waals surface area contributed by atoms with Gasteiger partial charge in [-0.05, 0) is 61.4 Å². The number of pyridine rings is 3. The van der Waals surface area contributed by atoms with E-state index in [2.05, 4.69) is 36.1 Å². The number of nitrogens with zero attached hydrogens (tertiary/aromatic N) is 4. The molecule has 3 aromatic rings. The minimum atomic E-state index is -0.165. The largest absolute Gasteiger partial charge is 0.364 e. The van der Waals surface area contributed by atoms with E-state index in [1.165, 1.54) is 6.42 Å². The second-order valence-electron chi connectivity index (χ2n) is 9.46. The molecule has 33 heavy (non-hydrogen) atoms. The number of nitrogens with one attached hydrogen (secondary N) is 2. The quantitative estimate of drug-likeness (QED) is 0.628. The van der Waals surface area contributed by atoms with Crippen molar-refractivity contribution in [3.63, 3.8) is 0 Å². The molecule has 0 unspecified atom stereocenters. The second kappa shape index (κ2) is 7.95. The van der Waals surface area contributed by atoms with E-state index in [1.54, 1.807) is 13.1 Å². The van der Waals surface area contributed by atoms with Gasteiger partial charge in [0.1, 0.15) is 5.69 Å². The van der Waals surface area contributed by atoms with Crippen molar-refractivity contribution in [2.75, 3.05) is 25.0 Å². The van der Waals surface area contributed by atoms with Crippen LogP contribution in [0, 0.1) is 0 Å². The van der Waals surface area contributed by atoms with Crippen molar-refractivity contribution in [2.24, 2.45) is 0 Å². The molecule has 0 bridgehead atoms. The summed E-state index contributed by atoms with van der Waals surface area (Å²) in [6.07, 6.45) is 8.32. The van der Waals surface area contributed by atoms with Crippen LogP contribution in [0.3, 0.4) is 0 Å². The standard InChI is InChI=1S/C25H28N6O2/c1-26-25(33)19-5-4-17(13-28-19)31-9-8-30(22-6-7-23(22)31)14-15-10-21-20(27-12-15)11-18(16-2-3-16)24(32)29-21/h4-5,10-13,16,22-23H,2-3,6-9,14H2,1H3,(H,26,33)(H,29,32)/t22-,23-/m0/s1. The van der Waals surface area contributed by atoms with Gasteiger partial charge in [-0.15, -0.1) is 0 Å². The van der Waals surface area contributed by atoms with Crippen LogP contribution in [0.5, 0.6) is 0 Å². The molecule has 8 nitrogen and oxygen atoms in total. The van der Waals surface area contributed by atoms with Gasteiger partial charge in [-0.2, -0.15) is 0 Å². The summed E-state index contributed by atoms with van der Waals surface area (Å²) >= 11 is 0. The maximum Gasteiger partial charge on any atom is 0.269 e.